The lowest BCUT2D eigenvalue weighted by atomic mass is 10.2. The van der Waals surface area contributed by atoms with E-state index in [9.17, 15) is 4.79 Å². The molecule has 2 aromatic rings. The number of hydrogen-bond donors (Lipinski definition) is 2. The fourth-order valence-electron chi connectivity index (χ4n) is 1.44. The van der Waals surface area contributed by atoms with Crippen LogP contribution in [0.2, 0.25) is 0 Å². The van der Waals surface area contributed by atoms with Gasteiger partial charge in [0.05, 0.1) is 17.8 Å². The summed E-state index contributed by atoms with van der Waals surface area (Å²) in [5, 5.41) is 15.7. The molecule has 0 fully saturated rings. The number of hydrogen-bond acceptors (Lipinski definition) is 5. The lowest BCUT2D eigenvalue weighted by molar-refractivity contribution is 0.0698. The number of aryl methyl sites for hydroxylation is 1. The van der Waals surface area contributed by atoms with Gasteiger partial charge in [-0.1, -0.05) is 21.1 Å². The van der Waals surface area contributed by atoms with E-state index in [0.717, 1.165) is 4.47 Å². The van der Waals surface area contributed by atoms with Crippen LogP contribution in [0.15, 0.2) is 27.2 Å². The third-order valence-electron chi connectivity index (χ3n) is 2.22. The zero-order valence-electron chi connectivity index (χ0n) is 9.48. The molecule has 0 unspecified atom stereocenters. The summed E-state index contributed by atoms with van der Waals surface area (Å²) in [5.41, 5.74) is 0.692. The molecule has 1 aromatic carbocycles. The topological polar surface area (TPSA) is 88.2 Å². The van der Waals surface area contributed by atoms with E-state index in [4.69, 9.17) is 9.63 Å². The Balaban J connectivity index is 2.17. The molecule has 0 saturated carbocycles. The molecule has 2 rings (SSSR count). The SMILES string of the molecule is Cc1nc(CNc2cc(Br)ccc2C(=O)O)no1. The second kappa shape index (κ2) is 5.18. The third-order valence-corrected chi connectivity index (χ3v) is 2.71. The molecule has 0 atom stereocenters. The fourth-order valence-corrected chi connectivity index (χ4v) is 1.80. The molecule has 7 heteroatoms. The number of aromatic nitrogens is 2. The van der Waals surface area contributed by atoms with Gasteiger partial charge in [-0.3, -0.25) is 0 Å². The first kappa shape index (κ1) is 12.6. The van der Waals surface area contributed by atoms with Gasteiger partial charge in [-0.2, -0.15) is 4.98 Å². The van der Waals surface area contributed by atoms with Crippen molar-refractivity contribution in [2.24, 2.45) is 0 Å². The second-order valence-corrected chi connectivity index (χ2v) is 4.49. The highest BCUT2D eigenvalue weighted by Gasteiger charge is 2.11. The van der Waals surface area contributed by atoms with Gasteiger partial charge in [-0.15, -0.1) is 0 Å². The van der Waals surface area contributed by atoms with Crippen LogP contribution in [0.4, 0.5) is 5.69 Å². The molecule has 0 aliphatic rings. The summed E-state index contributed by atoms with van der Waals surface area (Å²) in [6.07, 6.45) is 0. The molecular weight excluding hydrogens is 302 g/mol. The minimum absolute atomic E-state index is 0.193. The Morgan fingerprint density at radius 1 is 1.56 bits per heavy atom. The molecule has 0 spiro atoms. The third kappa shape index (κ3) is 2.86. The predicted octanol–water partition coefficient (Wildman–Crippen LogP) is 2.45. The van der Waals surface area contributed by atoms with Gasteiger partial charge in [0.2, 0.25) is 5.89 Å². The number of aromatic carboxylic acids is 1. The maximum atomic E-state index is 11.0. The molecule has 6 nitrogen and oxygen atoms in total. The Hall–Kier alpha value is -1.89. The zero-order valence-corrected chi connectivity index (χ0v) is 11.1. The van der Waals surface area contributed by atoms with Crippen LogP contribution in [-0.4, -0.2) is 21.2 Å². The highest BCUT2D eigenvalue weighted by Crippen LogP contribution is 2.22. The van der Waals surface area contributed by atoms with Gasteiger partial charge in [0, 0.05) is 11.4 Å². The number of halogens is 1. The normalized spacial score (nSPS) is 10.3. The molecule has 1 aromatic heterocycles. The number of anilines is 1. The molecule has 94 valence electrons. The van der Waals surface area contributed by atoms with Crippen molar-refractivity contribution >= 4 is 27.6 Å². The summed E-state index contributed by atoms with van der Waals surface area (Å²) in [4.78, 5) is 15.1. The molecule has 2 N–H and O–H groups in total. The van der Waals surface area contributed by atoms with Crippen molar-refractivity contribution < 1.29 is 14.4 Å². The number of carbonyl (C=O) groups is 1. The van der Waals surface area contributed by atoms with Crippen molar-refractivity contribution in [2.45, 2.75) is 13.5 Å². The number of nitrogens with zero attached hydrogens (tertiary/aromatic N) is 2. The molecule has 0 saturated heterocycles. The predicted molar refractivity (Wildman–Crippen MR) is 67.5 cm³/mol. The number of carboxylic acids is 1. The van der Waals surface area contributed by atoms with Crippen LogP contribution in [0, 0.1) is 6.92 Å². The van der Waals surface area contributed by atoms with E-state index in [2.05, 4.69) is 31.4 Å². The van der Waals surface area contributed by atoms with Crippen molar-refractivity contribution in [2.75, 3.05) is 5.32 Å². The Bertz CT molecular complexity index is 583. The first-order valence-corrected chi connectivity index (χ1v) is 5.91. The summed E-state index contributed by atoms with van der Waals surface area (Å²) >= 11 is 3.29. The minimum Gasteiger partial charge on any atom is -0.478 e. The van der Waals surface area contributed by atoms with Crippen molar-refractivity contribution in [1.82, 2.24) is 10.1 Å². The van der Waals surface area contributed by atoms with E-state index in [1.807, 2.05) is 0 Å². The molecule has 18 heavy (non-hydrogen) atoms. The van der Waals surface area contributed by atoms with Gasteiger partial charge < -0.3 is 14.9 Å². The highest BCUT2D eigenvalue weighted by atomic mass is 79.9. The van der Waals surface area contributed by atoms with Crippen molar-refractivity contribution in [3.63, 3.8) is 0 Å². The Labute approximate surface area is 111 Å². The molecule has 0 aliphatic heterocycles. The monoisotopic (exact) mass is 311 g/mol. The average molecular weight is 312 g/mol. The smallest absolute Gasteiger partial charge is 0.337 e. The fraction of sp³-hybridized carbons (Fsp3) is 0.182. The summed E-state index contributed by atoms with van der Waals surface area (Å²) in [7, 11) is 0. The lowest BCUT2D eigenvalue weighted by Gasteiger charge is -2.08. The maximum absolute atomic E-state index is 11.0. The molecule has 0 bridgehead atoms. The lowest BCUT2D eigenvalue weighted by Crippen LogP contribution is -2.07. The maximum Gasteiger partial charge on any atom is 0.337 e. The first-order valence-electron chi connectivity index (χ1n) is 5.12. The minimum atomic E-state index is -0.991. The van der Waals surface area contributed by atoms with Gasteiger partial charge in [0.15, 0.2) is 5.82 Å². The summed E-state index contributed by atoms with van der Waals surface area (Å²) in [6, 6.07) is 4.89. The van der Waals surface area contributed by atoms with Gasteiger partial charge in [-0.25, -0.2) is 4.79 Å². The van der Waals surface area contributed by atoms with Gasteiger partial charge in [0.1, 0.15) is 0 Å². The van der Waals surface area contributed by atoms with Crippen LogP contribution >= 0.6 is 15.9 Å². The van der Waals surface area contributed by atoms with E-state index in [-0.39, 0.29) is 5.56 Å². The van der Waals surface area contributed by atoms with Crippen LogP contribution in [-0.2, 0) is 6.54 Å². The number of nitrogens with one attached hydrogen (secondary N) is 1. The van der Waals surface area contributed by atoms with Gasteiger partial charge in [-0.05, 0) is 18.2 Å². The van der Waals surface area contributed by atoms with E-state index in [1.54, 1.807) is 19.1 Å². The molecule has 0 radical (unpaired) electrons. The summed E-state index contributed by atoms with van der Waals surface area (Å²) in [5.74, 6) is -0.0439. The zero-order chi connectivity index (χ0) is 13.1. The van der Waals surface area contributed by atoms with E-state index in [0.29, 0.717) is 23.9 Å². The van der Waals surface area contributed by atoms with Crippen LogP contribution < -0.4 is 5.32 Å². The van der Waals surface area contributed by atoms with Crippen molar-refractivity contribution in [1.29, 1.82) is 0 Å². The van der Waals surface area contributed by atoms with Crippen LogP contribution in [0.25, 0.3) is 0 Å². The molecule has 0 aliphatic carbocycles. The summed E-state index contributed by atoms with van der Waals surface area (Å²) in [6.45, 7) is 1.99. The largest absolute Gasteiger partial charge is 0.478 e. The standard InChI is InChI=1S/C11H10BrN3O3/c1-6-14-10(15-18-6)5-13-9-4-7(12)2-3-8(9)11(16)17/h2-4,13H,5H2,1H3,(H,16,17). The molecule has 1 heterocycles. The second-order valence-electron chi connectivity index (χ2n) is 3.58. The number of carboxylic acid groups (broad SMARTS) is 1. The van der Waals surface area contributed by atoms with Crippen LogP contribution in [0.1, 0.15) is 22.1 Å². The molecule has 0 amide bonds. The average Bonchev–Trinajstić information content (AvgIpc) is 2.72. The van der Waals surface area contributed by atoms with E-state index >= 15 is 0 Å². The van der Waals surface area contributed by atoms with Gasteiger partial charge in [0.25, 0.3) is 0 Å². The Morgan fingerprint density at radius 2 is 2.33 bits per heavy atom. The summed E-state index contributed by atoms with van der Waals surface area (Å²) < 4.78 is 5.62. The van der Waals surface area contributed by atoms with E-state index in [1.165, 1.54) is 6.07 Å². The van der Waals surface area contributed by atoms with Crippen molar-refractivity contribution in [3.05, 3.63) is 40.0 Å². The quantitative estimate of drug-likeness (QED) is 0.901. The highest BCUT2D eigenvalue weighted by molar-refractivity contribution is 9.10. The number of rotatable bonds is 4. The van der Waals surface area contributed by atoms with Gasteiger partial charge >= 0.3 is 5.97 Å². The van der Waals surface area contributed by atoms with E-state index < -0.39 is 5.97 Å². The molecular formula is C11H10BrN3O3. The van der Waals surface area contributed by atoms with Crippen LogP contribution in [0.3, 0.4) is 0 Å². The van der Waals surface area contributed by atoms with Crippen molar-refractivity contribution in [3.8, 4) is 0 Å². The Morgan fingerprint density at radius 3 is 2.94 bits per heavy atom. The first-order chi connectivity index (χ1) is 8.56. The number of benzene rings is 1. The Kier molecular flexibility index (Phi) is 3.61. The van der Waals surface area contributed by atoms with Crippen LogP contribution in [0.5, 0.6) is 0 Å².